The van der Waals surface area contributed by atoms with E-state index < -0.39 is 5.72 Å². The lowest BCUT2D eigenvalue weighted by Crippen LogP contribution is -2.61. The van der Waals surface area contributed by atoms with Gasteiger partial charge in [0.25, 0.3) is 0 Å². The zero-order chi connectivity index (χ0) is 25.1. The van der Waals surface area contributed by atoms with Gasteiger partial charge in [-0.25, -0.2) is 0 Å². The zero-order valence-corrected chi connectivity index (χ0v) is 21.7. The number of rotatable bonds is 4. The van der Waals surface area contributed by atoms with E-state index >= 15 is 0 Å². The Morgan fingerprint density at radius 2 is 1.53 bits per heavy atom. The predicted molar refractivity (Wildman–Crippen MR) is 152 cm³/mol. The monoisotopic (exact) mass is 475 g/mol. The number of hydrogen-bond donors (Lipinski definition) is 0. The second-order valence-corrected chi connectivity index (χ2v) is 10.3. The van der Waals surface area contributed by atoms with E-state index in [-0.39, 0.29) is 5.41 Å². The summed E-state index contributed by atoms with van der Waals surface area (Å²) in [6.07, 6.45) is 2.01. The molecule has 0 N–H and O–H groups in total. The molecule has 4 nitrogen and oxygen atoms in total. The molecule has 0 saturated heterocycles. The van der Waals surface area contributed by atoms with Gasteiger partial charge in [0.1, 0.15) is 11.4 Å². The molecule has 2 heterocycles. The van der Waals surface area contributed by atoms with Crippen LogP contribution in [-0.2, 0) is 5.41 Å². The molecule has 182 valence electrons. The second kappa shape index (κ2) is 8.12. The van der Waals surface area contributed by atoms with E-state index in [9.17, 15) is 0 Å². The summed E-state index contributed by atoms with van der Waals surface area (Å²) < 4.78 is 7.03. The average Bonchev–Trinajstić information content (AvgIpc) is 3.07. The third kappa shape index (κ3) is 3.03. The molecule has 2 aliphatic heterocycles. The molecule has 36 heavy (non-hydrogen) atoms. The molecular weight excluding hydrogens is 442 g/mol. The third-order valence-corrected chi connectivity index (χ3v) is 8.25. The maximum Gasteiger partial charge on any atom is 0.228 e. The Morgan fingerprint density at radius 3 is 2.22 bits per heavy atom. The van der Waals surface area contributed by atoms with Crippen LogP contribution in [0.1, 0.15) is 33.3 Å². The van der Waals surface area contributed by atoms with E-state index in [1.54, 1.807) is 0 Å². The minimum atomic E-state index is -0.698. The first-order chi connectivity index (χ1) is 17.4. The highest BCUT2D eigenvalue weighted by Gasteiger charge is 2.58. The predicted octanol–water partition coefficient (Wildman–Crippen LogP) is 7.57. The molecule has 6 rings (SSSR count). The molecule has 0 aromatic heterocycles. The highest BCUT2D eigenvalue weighted by Crippen LogP contribution is 2.55. The lowest BCUT2D eigenvalue weighted by Gasteiger charge is -2.45. The highest BCUT2D eigenvalue weighted by molar-refractivity contribution is 6.07. The van der Waals surface area contributed by atoms with Crippen molar-refractivity contribution >= 4 is 34.0 Å². The number of fused-ring (bicyclic) bond motifs is 4. The van der Waals surface area contributed by atoms with Crippen molar-refractivity contribution in [1.29, 1.82) is 0 Å². The van der Waals surface area contributed by atoms with Crippen molar-refractivity contribution in [1.82, 2.24) is 0 Å². The Bertz CT molecular complexity index is 1480. The summed E-state index contributed by atoms with van der Waals surface area (Å²) in [4.78, 5) is 9.69. The molecule has 0 saturated carbocycles. The lowest BCUT2D eigenvalue weighted by atomic mass is 9.77. The van der Waals surface area contributed by atoms with Crippen molar-refractivity contribution in [3.63, 3.8) is 0 Å². The smallest absolute Gasteiger partial charge is 0.228 e. The maximum atomic E-state index is 7.03. The number of likely N-dealkylation sites (N-methyl/N-ethyl adjacent to an activating group) is 1. The van der Waals surface area contributed by atoms with Crippen LogP contribution >= 0.6 is 0 Å². The van der Waals surface area contributed by atoms with Crippen LogP contribution < -0.4 is 14.5 Å². The van der Waals surface area contributed by atoms with Crippen molar-refractivity contribution < 1.29 is 4.74 Å². The molecule has 1 unspecified atom stereocenters. The summed E-state index contributed by atoms with van der Waals surface area (Å²) in [5.74, 6) is 0.826. The van der Waals surface area contributed by atoms with Gasteiger partial charge in [-0.15, -0.1) is 0 Å². The molecule has 4 aromatic carbocycles. The molecule has 2 aliphatic rings. The maximum absolute atomic E-state index is 7.03. The van der Waals surface area contributed by atoms with Crippen LogP contribution in [0.2, 0.25) is 0 Å². The highest BCUT2D eigenvalue weighted by atomic mass is 16.5. The number of nitrogens with zero attached hydrogens (tertiary/aromatic N) is 3. The Morgan fingerprint density at radius 1 is 0.861 bits per heavy atom. The Kier molecular flexibility index (Phi) is 5.11. The van der Waals surface area contributed by atoms with Crippen LogP contribution in [0.4, 0.5) is 17.1 Å². The third-order valence-electron chi connectivity index (χ3n) is 8.25. The minimum Gasteiger partial charge on any atom is -0.459 e. The van der Waals surface area contributed by atoms with Crippen LogP contribution in [-0.4, -0.2) is 32.1 Å². The number of anilines is 2. The van der Waals surface area contributed by atoms with Gasteiger partial charge in [-0.05, 0) is 74.0 Å². The first-order valence-electron chi connectivity index (χ1n) is 12.9. The van der Waals surface area contributed by atoms with E-state index in [1.165, 1.54) is 33.5 Å². The molecule has 0 bridgehead atoms. The summed E-state index contributed by atoms with van der Waals surface area (Å²) in [6.45, 7) is 10.9. The van der Waals surface area contributed by atoms with Gasteiger partial charge in [0.15, 0.2) is 0 Å². The standard InChI is InChI=1S/C32H33N3O/c1-6-35(7-2)23-18-16-22(17-19-23)26-20-29-30(25-13-9-8-12-24(25)26)33-21-32(36-29)31(3,4)27-14-10-11-15-28(27)34(32)5/h8-21H,6-7H2,1-5H3. The summed E-state index contributed by atoms with van der Waals surface area (Å²) in [7, 11) is 2.11. The summed E-state index contributed by atoms with van der Waals surface area (Å²) in [5, 5.41) is 2.30. The largest absolute Gasteiger partial charge is 0.459 e. The van der Waals surface area contributed by atoms with E-state index in [0.29, 0.717) is 0 Å². The van der Waals surface area contributed by atoms with Crippen molar-refractivity contribution in [2.45, 2.75) is 38.8 Å². The summed E-state index contributed by atoms with van der Waals surface area (Å²) in [6, 6.07) is 28.2. The zero-order valence-electron chi connectivity index (χ0n) is 21.7. The fraction of sp³-hybridized carbons (Fsp3) is 0.281. The SMILES string of the molecule is CCN(CC)c1ccc(-c2cc3c(c4ccccc24)N=CC2(O3)N(C)c3ccccc3C2(C)C)cc1. The van der Waals surface area contributed by atoms with Gasteiger partial charge in [0.2, 0.25) is 5.72 Å². The number of benzene rings is 4. The van der Waals surface area contributed by atoms with Crippen molar-refractivity contribution in [2.75, 3.05) is 29.9 Å². The van der Waals surface area contributed by atoms with Crippen molar-refractivity contribution in [3.05, 3.63) is 84.4 Å². The van der Waals surface area contributed by atoms with E-state index in [2.05, 4.69) is 123 Å². The molecule has 0 fully saturated rings. The van der Waals surface area contributed by atoms with Crippen molar-refractivity contribution in [3.8, 4) is 16.9 Å². The van der Waals surface area contributed by atoms with E-state index in [0.717, 1.165) is 29.9 Å². The van der Waals surface area contributed by atoms with Gasteiger partial charge in [-0.2, -0.15) is 0 Å². The molecule has 0 amide bonds. The van der Waals surface area contributed by atoms with Gasteiger partial charge < -0.3 is 14.5 Å². The molecule has 0 radical (unpaired) electrons. The first kappa shape index (κ1) is 22.7. The number of hydrogen-bond acceptors (Lipinski definition) is 4. The Labute approximate surface area is 213 Å². The Hall–Kier alpha value is -3.79. The molecule has 1 atom stereocenters. The van der Waals surface area contributed by atoms with Crippen LogP contribution in [0.25, 0.3) is 21.9 Å². The van der Waals surface area contributed by atoms with E-state index in [1.807, 2.05) is 6.21 Å². The number of para-hydroxylation sites is 1. The molecule has 4 heteroatoms. The lowest BCUT2D eigenvalue weighted by molar-refractivity contribution is 0.0827. The van der Waals surface area contributed by atoms with Gasteiger partial charge >= 0.3 is 0 Å². The van der Waals surface area contributed by atoms with Gasteiger partial charge in [-0.1, -0.05) is 54.6 Å². The topological polar surface area (TPSA) is 28.1 Å². The summed E-state index contributed by atoms with van der Waals surface area (Å²) in [5.41, 5.74) is 5.98. The van der Waals surface area contributed by atoms with Crippen LogP contribution in [0.15, 0.2) is 83.9 Å². The van der Waals surface area contributed by atoms with Gasteiger partial charge in [0, 0.05) is 36.9 Å². The quantitative estimate of drug-likeness (QED) is 0.305. The van der Waals surface area contributed by atoms with Gasteiger partial charge in [0.05, 0.1) is 11.6 Å². The molecular formula is C32H33N3O. The number of ether oxygens (including phenoxy) is 1. The van der Waals surface area contributed by atoms with Crippen molar-refractivity contribution in [2.24, 2.45) is 4.99 Å². The van der Waals surface area contributed by atoms with Crippen LogP contribution in [0.5, 0.6) is 5.75 Å². The fourth-order valence-corrected chi connectivity index (χ4v) is 6.10. The minimum absolute atomic E-state index is 0.281. The average molecular weight is 476 g/mol. The fourth-order valence-electron chi connectivity index (χ4n) is 6.10. The van der Waals surface area contributed by atoms with Crippen LogP contribution in [0.3, 0.4) is 0 Å². The molecule has 1 spiro atoms. The first-order valence-corrected chi connectivity index (χ1v) is 12.9. The van der Waals surface area contributed by atoms with Gasteiger partial charge in [-0.3, -0.25) is 4.99 Å². The molecule has 0 aliphatic carbocycles. The summed E-state index contributed by atoms with van der Waals surface area (Å²) >= 11 is 0. The number of aliphatic imine (C=N–C) groups is 1. The second-order valence-electron chi connectivity index (χ2n) is 10.3. The normalized spacial score (nSPS) is 19.3. The van der Waals surface area contributed by atoms with E-state index in [4.69, 9.17) is 9.73 Å². The van der Waals surface area contributed by atoms with Crippen LogP contribution in [0, 0.1) is 0 Å². The molecule has 4 aromatic rings. The Balaban J connectivity index is 1.50.